The van der Waals surface area contributed by atoms with Crippen LogP contribution >= 0.6 is 11.6 Å². The summed E-state index contributed by atoms with van der Waals surface area (Å²) in [4.78, 5) is 12.0. The molecule has 0 spiro atoms. The van der Waals surface area contributed by atoms with Crippen molar-refractivity contribution in [3.63, 3.8) is 0 Å². The normalized spacial score (nSPS) is 13.3. The van der Waals surface area contributed by atoms with Gasteiger partial charge in [0.2, 0.25) is 5.91 Å². The van der Waals surface area contributed by atoms with Gasteiger partial charge in [0.1, 0.15) is 19.0 Å². The topological polar surface area (TPSA) is 65.4 Å². The molecule has 1 aromatic heterocycles. The van der Waals surface area contributed by atoms with E-state index in [2.05, 4.69) is 10.4 Å². The molecule has 1 N–H and O–H groups in total. The second-order valence-electron chi connectivity index (χ2n) is 5.14. The van der Waals surface area contributed by atoms with Crippen LogP contribution in [0, 0.1) is 6.92 Å². The number of nitrogens with zero attached hydrogens (tertiary/aromatic N) is 2. The molecule has 0 saturated heterocycles. The van der Waals surface area contributed by atoms with Crippen LogP contribution in [0.5, 0.6) is 11.5 Å². The first-order chi connectivity index (χ1) is 11.0. The molecule has 7 heteroatoms. The zero-order valence-electron chi connectivity index (χ0n) is 12.8. The molecule has 0 bridgehead atoms. The van der Waals surface area contributed by atoms with E-state index in [0.29, 0.717) is 35.6 Å². The number of hydrogen-bond acceptors (Lipinski definition) is 4. The van der Waals surface area contributed by atoms with E-state index in [9.17, 15) is 4.79 Å². The molecule has 0 aliphatic carbocycles. The number of fused-ring (bicyclic) bond motifs is 1. The lowest BCUT2D eigenvalue weighted by Crippen LogP contribution is -2.15. The van der Waals surface area contributed by atoms with Gasteiger partial charge in [-0.25, -0.2) is 0 Å². The van der Waals surface area contributed by atoms with Gasteiger partial charge in [-0.15, -0.1) is 0 Å². The monoisotopic (exact) mass is 333 g/mol. The Morgan fingerprint density at radius 1 is 1.35 bits per heavy atom. The lowest BCUT2D eigenvalue weighted by Gasteiger charge is -2.19. The molecule has 0 fully saturated rings. The largest absolute Gasteiger partial charge is 0.486 e. The van der Waals surface area contributed by atoms with Gasteiger partial charge in [0.05, 0.1) is 10.7 Å². The Balaban J connectivity index is 1.73. The molecule has 2 aromatic rings. The fourth-order valence-electron chi connectivity index (χ4n) is 2.29. The van der Waals surface area contributed by atoms with E-state index in [-0.39, 0.29) is 5.91 Å². The zero-order valence-corrected chi connectivity index (χ0v) is 13.6. The lowest BCUT2D eigenvalue weighted by atomic mass is 10.1. The molecule has 0 radical (unpaired) electrons. The maximum atomic E-state index is 12.0. The van der Waals surface area contributed by atoms with Crippen LogP contribution in [0.2, 0.25) is 5.02 Å². The van der Waals surface area contributed by atoms with Crippen LogP contribution in [0.4, 0.5) is 5.82 Å². The number of benzene rings is 1. The molecule has 6 nitrogen and oxygen atoms in total. The minimum Gasteiger partial charge on any atom is -0.486 e. The maximum absolute atomic E-state index is 12.0. The number of aromatic nitrogens is 2. The molecule has 1 amide bonds. The van der Waals surface area contributed by atoms with Crippen molar-refractivity contribution < 1.29 is 14.3 Å². The highest BCUT2D eigenvalue weighted by molar-refractivity contribution is 6.32. The Hall–Kier alpha value is -2.47. The zero-order chi connectivity index (χ0) is 16.4. The summed E-state index contributed by atoms with van der Waals surface area (Å²) in [5.74, 6) is 1.52. The number of rotatable bonds is 3. The predicted octanol–water partition coefficient (Wildman–Crippen LogP) is 2.81. The number of halogens is 1. The molecule has 1 aromatic carbocycles. The number of ether oxygens (including phenoxy) is 2. The van der Waals surface area contributed by atoms with Gasteiger partial charge < -0.3 is 14.8 Å². The van der Waals surface area contributed by atoms with E-state index in [0.717, 1.165) is 11.3 Å². The summed E-state index contributed by atoms with van der Waals surface area (Å²) >= 11 is 6.16. The molecule has 120 valence electrons. The Morgan fingerprint density at radius 2 is 2.13 bits per heavy atom. The van der Waals surface area contributed by atoms with E-state index in [4.69, 9.17) is 21.1 Å². The molecule has 1 aliphatic rings. The summed E-state index contributed by atoms with van der Waals surface area (Å²) in [5.41, 5.74) is 1.60. The van der Waals surface area contributed by atoms with Gasteiger partial charge in [0.15, 0.2) is 11.5 Å². The van der Waals surface area contributed by atoms with E-state index < -0.39 is 0 Å². The number of amides is 1. The Kier molecular flexibility index (Phi) is 4.25. The van der Waals surface area contributed by atoms with Gasteiger partial charge in [-0.2, -0.15) is 5.10 Å². The standard InChI is InChI=1S/C16H16ClN3O3/c1-10-7-14(20(2)19-10)18-15(21)4-3-11-8-12(17)16-13(9-11)22-5-6-23-16/h3-4,7-9H,5-6H2,1-2H3,(H,18,21)/b4-3+. The second-order valence-corrected chi connectivity index (χ2v) is 5.55. The number of nitrogens with one attached hydrogen (secondary N) is 1. The van der Waals surface area contributed by atoms with Crippen molar-refractivity contribution in [3.8, 4) is 11.5 Å². The highest BCUT2D eigenvalue weighted by Gasteiger charge is 2.16. The van der Waals surface area contributed by atoms with Crippen molar-refractivity contribution in [1.82, 2.24) is 9.78 Å². The molecule has 0 atom stereocenters. The quantitative estimate of drug-likeness (QED) is 0.877. The van der Waals surface area contributed by atoms with Crippen LogP contribution in [0.3, 0.4) is 0 Å². The minimum atomic E-state index is -0.251. The smallest absolute Gasteiger partial charge is 0.249 e. The first-order valence-corrected chi connectivity index (χ1v) is 7.49. The van der Waals surface area contributed by atoms with Gasteiger partial charge in [0.25, 0.3) is 0 Å². The summed E-state index contributed by atoms with van der Waals surface area (Å²) in [6.07, 6.45) is 3.10. The van der Waals surface area contributed by atoms with E-state index in [1.165, 1.54) is 6.08 Å². The van der Waals surface area contributed by atoms with Crippen LogP contribution in [-0.4, -0.2) is 28.9 Å². The van der Waals surface area contributed by atoms with Crippen molar-refractivity contribution >= 4 is 29.4 Å². The minimum absolute atomic E-state index is 0.251. The number of carbonyl (C=O) groups is 1. The summed E-state index contributed by atoms with van der Waals surface area (Å²) < 4.78 is 12.6. The summed E-state index contributed by atoms with van der Waals surface area (Å²) in [6.45, 7) is 2.83. The Bertz CT molecular complexity index is 783. The number of aryl methyl sites for hydroxylation is 2. The van der Waals surface area contributed by atoms with Gasteiger partial charge >= 0.3 is 0 Å². The predicted molar refractivity (Wildman–Crippen MR) is 88.1 cm³/mol. The highest BCUT2D eigenvalue weighted by atomic mass is 35.5. The third kappa shape index (κ3) is 3.48. The molecule has 0 unspecified atom stereocenters. The third-order valence-electron chi connectivity index (χ3n) is 3.30. The molecule has 23 heavy (non-hydrogen) atoms. The first kappa shape index (κ1) is 15.4. The molecule has 2 heterocycles. The van der Waals surface area contributed by atoms with Crippen LogP contribution in [0.1, 0.15) is 11.3 Å². The highest BCUT2D eigenvalue weighted by Crippen LogP contribution is 2.38. The molecule has 0 saturated carbocycles. The summed E-state index contributed by atoms with van der Waals surface area (Å²) in [5, 5.41) is 7.40. The summed E-state index contributed by atoms with van der Waals surface area (Å²) in [7, 11) is 1.77. The molecule has 1 aliphatic heterocycles. The van der Waals surface area contributed by atoms with E-state index in [1.807, 2.05) is 6.92 Å². The Labute approximate surface area is 138 Å². The van der Waals surface area contributed by atoms with Crippen LogP contribution in [-0.2, 0) is 11.8 Å². The van der Waals surface area contributed by atoms with Crippen molar-refractivity contribution in [2.45, 2.75) is 6.92 Å². The average molecular weight is 334 g/mol. The van der Waals surface area contributed by atoms with Crippen molar-refractivity contribution in [1.29, 1.82) is 0 Å². The first-order valence-electron chi connectivity index (χ1n) is 7.12. The number of carbonyl (C=O) groups excluding carboxylic acids is 1. The van der Waals surface area contributed by atoms with Crippen LogP contribution in [0.25, 0.3) is 6.08 Å². The molecular weight excluding hydrogens is 318 g/mol. The third-order valence-corrected chi connectivity index (χ3v) is 3.58. The van der Waals surface area contributed by atoms with Gasteiger partial charge in [-0.05, 0) is 30.7 Å². The van der Waals surface area contributed by atoms with Crippen molar-refractivity contribution in [2.75, 3.05) is 18.5 Å². The lowest BCUT2D eigenvalue weighted by molar-refractivity contribution is -0.111. The van der Waals surface area contributed by atoms with Crippen molar-refractivity contribution in [3.05, 3.63) is 40.6 Å². The number of anilines is 1. The molecule has 3 rings (SSSR count). The van der Waals surface area contributed by atoms with Crippen LogP contribution < -0.4 is 14.8 Å². The summed E-state index contributed by atoms with van der Waals surface area (Å²) in [6, 6.07) is 5.32. The van der Waals surface area contributed by atoms with Gasteiger partial charge in [-0.1, -0.05) is 11.6 Å². The average Bonchev–Trinajstić information content (AvgIpc) is 2.83. The van der Waals surface area contributed by atoms with Crippen molar-refractivity contribution in [2.24, 2.45) is 7.05 Å². The molecular formula is C16H16ClN3O3. The van der Waals surface area contributed by atoms with Crippen LogP contribution in [0.15, 0.2) is 24.3 Å². The Morgan fingerprint density at radius 3 is 2.87 bits per heavy atom. The van der Waals surface area contributed by atoms with E-state index in [1.54, 1.807) is 36.0 Å². The second kappa shape index (κ2) is 6.34. The van der Waals surface area contributed by atoms with Gasteiger partial charge in [-0.3, -0.25) is 9.48 Å². The van der Waals surface area contributed by atoms with E-state index >= 15 is 0 Å². The fourth-order valence-corrected chi connectivity index (χ4v) is 2.57. The maximum Gasteiger partial charge on any atom is 0.249 e. The SMILES string of the molecule is Cc1cc(NC(=O)/C=C/c2cc(Cl)c3c(c2)OCCO3)n(C)n1. The fraction of sp³-hybridized carbons (Fsp3) is 0.250. The van der Waals surface area contributed by atoms with Gasteiger partial charge in [0, 0.05) is 19.2 Å². The number of hydrogen-bond donors (Lipinski definition) is 1.